The lowest BCUT2D eigenvalue weighted by Crippen LogP contribution is -2.31. The Morgan fingerprint density at radius 3 is 2.63 bits per heavy atom. The molecule has 1 nitrogen and oxygen atoms in total. The highest BCUT2D eigenvalue weighted by molar-refractivity contribution is 9.10. The number of hydrogen-bond acceptors (Lipinski definition) is 1. The molecule has 0 heterocycles. The van der Waals surface area contributed by atoms with Gasteiger partial charge in [0.25, 0.3) is 0 Å². The largest absolute Gasteiger partial charge is 0.310 e. The van der Waals surface area contributed by atoms with Gasteiger partial charge in [-0.05, 0) is 36.5 Å². The molecule has 0 aromatic heterocycles. The van der Waals surface area contributed by atoms with E-state index >= 15 is 0 Å². The van der Waals surface area contributed by atoms with Gasteiger partial charge in [-0.3, -0.25) is 0 Å². The van der Waals surface area contributed by atoms with Crippen LogP contribution < -0.4 is 5.32 Å². The molecule has 0 bridgehead atoms. The fraction of sp³-hybridized carbons (Fsp3) is 0.647. The van der Waals surface area contributed by atoms with Gasteiger partial charge in [0, 0.05) is 17.1 Å². The molecule has 1 unspecified atom stereocenters. The molecular formula is C17H28BrN. The molecule has 0 fully saturated rings. The van der Waals surface area contributed by atoms with Crippen LogP contribution in [-0.2, 0) is 0 Å². The van der Waals surface area contributed by atoms with Gasteiger partial charge in [0.15, 0.2) is 0 Å². The molecule has 0 radical (unpaired) electrons. The first-order chi connectivity index (χ1) is 8.94. The summed E-state index contributed by atoms with van der Waals surface area (Å²) in [6, 6.07) is 8.96. The zero-order valence-electron chi connectivity index (χ0n) is 12.8. The van der Waals surface area contributed by atoms with Crippen LogP contribution in [0.1, 0.15) is 65.0 Å². The summed E-state index contributed by atoms with van der Waals surface area (Å²) in [6.07, 6.45) is 5.30. The highest BCUT2D eigenvalue weighted by Crippen LogP contribution is 2.24. The molecule has 0 aliphatic heterocycles. The zero-order valence-corrected chi connectivity index (χ0v) is 14.4. The minimum absolute atomic E-state index is 0.384. The third-order valence-corrected chi connectivity index (χ3v) is 4.19. The van der Waals surface area contributed by atoms with Crippen molar-refractivity contribution in [2.24, 2.45) is 5.41 Å². The molecule has 0 aliphatic rings. The Labute approximate surface area is 127 Å². The lowest BCUT2D eigenvalue weighted by Gasteiger charge is -2.27. The standard InChI is InChI=1S/C17H28BrN/c1-5-6-7-11-17(3,4)13-19-14(2)15-9-8-10-16(18)12-15/h8-10,12,14,19H,5-7,11,13H2,1-4H3. The van der Waals surface area contributed by atoms with Gasteiger partial charge in [0.05, 0.1) is 0 Å². The molecule has 2 heteroatoms. The van der Waals surface area contributed by atoms with E-state index in [2.05, 4.69) is 73.2 Å². The van der Waals surface area contributed by atoms with Crippen molar-refractivity contribution >= 4 is 15.9 Å². The van der Waals surface area contributed by atoms with Crippen molar-refractivity contribution in [2.75, 3.05) is 6.54 Å². The lowest BCUT2D eigenvalue weighted by molar-refractivity contribution is 0.291. The van der Waals surface area contributed by atoms with Crippen LogP contribution >= 0.6 is 15.9 Å². The minimum Gasteiger partial charge on any atom is -0.310 e. The maximum Gasteiger partial charge on any atom is 0.0292 e. The van der Waals surface area contributed by atoms with Gasteiger partial charge >= 0.3 is 0 Å². The Morgan fingerprint density at radius 2 is 2.00 bits per heavy atom. The lowest BCUT2D eigenvalue weighted by atomic mass is 9.86. The Bertz CT molecular complexity index is 373. The summed E-state index contributed by atoms with van der Waals surface area (Å²) in [7, 11) is 0. The number of benzene rings is 1. The third kappa shape index (κ3) is 6.58. The van der Waals surface area contributed by atoms with E-state index in [0.717, 1.165) is 11.0 Å². The Kier molecular flexibility index (Phi) is 7.09. The predicted octanol–water partition coefficient (Wildman–Crippen LogP) is 5.71. The van der Waals surface area contributed by atoms with Gasteiger partial charge in [0.2, 0.25) is 0 Å². The van der Waals surface area contributed by atoms with Crippen molar-refractivity contribution in [1.29, 1.82) is 0 Å². The van der Waals surface area contributed by atoms with E-state index in [1.165, 1.54) is 31.2 Å². The molecule has 1 N–H and O–H groups in total. The van der Waals surface area contributed by atoms with Crippen LogP contribution in [0.3, 0.4) is 0 Å². The number of unbranched alkanes of at least 4 members (excludes halogenated alkanes) is 2. The smallest absolute Gasteiger partial charge is 0.0292 e. The van der Waals surface area contributed by atoms with Crippen molar-refractivity contribution in [3.8, 4) is 0 Å². The summed E-state index contributed by atoms with van der Waals surface area (Å²) in [5.74, 6) is 0. The first-order valence-electron chi connectivity index (χ1n) is 7.43. The van der Waals surface area contributed by atoms with Gasteiger partial charge in [-0.15, -0.1) is 0 Å². The van der Waals surface area contributed by atoms with Crippen LogP contribution in [0.4, 0.5) is 0 Å². The number of hydrogen-bond donors (Lipinski definition) is 1. The Balaban J connectivity index is 2.42. The highest BCUT2D eigenvalue weighted by atomic mass is 79.9. The molecule has 1 aromatic carbocycles. The molecule has 19 heavy (non-hydrogen) atoms. The zero-order chi connectivity index (χ0) is 14.3. The van der Waals surface area contributed by atoms with Crippen molar-refractivity contribution < 1.29 is 0 Å². The third-order valence-electron chi connectivity index (χ3n) is 3.69. The van der Waals surface area contributed by atoms with E-state index in [4.69, 9.17) is 0 Å². The second-order valence-electron chi connectivity index (χ2n) is 6.28. The van der Waals surface area contributed by atoms with Crippen molar-refractivity contribution in [3.63, 3.8) is 0 Å². The molecule has 0 amide bonds. The maximum absolute atomic E-state index is 3.67. The number of rotatable bonds is 8. The molecule has 0 saturated carbocycles. The van der Waals surface area contributed by atoms with E-state index in [9.17, 15) is 0 Å². The normalized spacial score (nSPS) is 13.5. The van der Waals surface area contributed by atoms with E-state index in [0.29, 0.717) is 11.5 Å². The summed E-state index contributed by atoms with van der Waals surface area (Å²) >= 11 is 3.54. The Hall–Kier alpha value is -0.340. The topological polar surface area (TPSA) is 12.0 Å². The van der Waals surface area contributed by atoms with Gasteiger partial charge < -0.3 is 5.32 Å². The molecule has 1 aromatic rings. The molecule has 0 aliphatic carbocycles. The number of nitrogens with one attached hydrogen (secondary N) is 1. The fourth-order valence-electron chi connectivity index (χ4n) is 2.27. The van der Waals surface area contributed by atoms with E-state index in [1.807, 2.05) is 0 Å². The SMILES string of the molecule is CCCCCC(C)(C)CNC(C)c1cccc(Br)c1. The Morgan fingerprint density at radius 1 is 1.26 bits per heavy atom. The first-order valence-corrected chi connectivity index (χ1v) is 8.23. The van der Waals surface area contributed by atoms with Crippen LogP contribution in [0.2, 0.25) is 0 Å². The molecule has 1 rings (SSSR count). The maximum atomic E-state index is 3.67. The molecular weight excluding hydrogens is 298 g/mol. The van der Waals surface area contributed by atoms with Gasteiger partial charge in [-0.25, -0.2) is 0 Å². The average molecular weight is 326 g/mol. The average Bonchev–Trinajstić information content (AvgIpc) is 2.36. The summed E-state index contributed by atoms with van der Waals surface area (Å²) in [5, 5.41) is 3.67. The minimum atomic E-state index is 0.384. The summed E-state index contributed by atoms with van der Waals surface area (Å²) < 4.78 is 1.15. The van der Waals surface area contributed by atoms with E-state index in [1.54, 1.807) is 0 Å². The quantitative estimate of drug-likeness (QED) is 0.604. The van der Waals surface area contributed by atoms with Gasteiger partial charge in [-0.1, -0.05) is 68.1 Å². The number of halogens is 1. The first kappa shape index (κ1) is 16.7. The van der Waals surface area contributed by atoms with Crippen LogP contribution in [0.25, 0.3) is 0 Å². The van der Waals surface area contributed by atoms with Crippen LogP contribution in [0.5, 0.6) is 0 Å². The summed E-state index contributed by atoms with van der Waals surface area (Å²) in [4.78, 5) is 0. The van der Waals surface area contributed by atoms with Crippen molar-refractivity contribution in [3.05, 3.63) is 34.3 Å². The molecule has 1 atom stereocenters. The van der Waals surface area contributed by atoms with Crippen LogP contribution in [0, 0.1) is 5.41 Å². The van der Waals surface area contributed by atoms with E-state index in [-0.39, 0.29) is 0 Å². The van der Waals surface area contributed by atoms with Crippen molar-refractivity contribution in [2.45, 2.75) is 59.4 Å². The van der Waals surface area contributed by atoms with Gasteiger partial charge in [-0.2, -0.15) is 0 Å². The van der Waals surface area contributed by atoms with Crippen LogP contribution in [-0.4, -0.2) is 6.54 Å². The molecule has 0 spiro atoms. The predicted molar refractivity (Wildman–Crippen MR) is 88.5 cm³/mol. The molecule has 108 valence electrons. The monoisotopic (exact) mass is 325 g/mol. The van der Waals surface area contributed by atoms with Crippen molar-refractivity contribution in [1.82, 2.24) is 5.32 Å². The second-order valence-corrected chi connectivity index (χ2v) is 7.19. The van der Waals surface area contributed by atoms with E-state index < -0.39 is 0 Å². The molecule has 0 saturated heterocycles. The highest BCUT2D eigenvalue weighted by Gasteiger charge is 2.18. The van der Waals surface area contributed by atoms with Crippen LogP contribution in [0.15, 0.2) is 28.7 Å². The van der Waals surface area contributed by atoms with Gasteiger partial charge in [0.1, 0.15) is 0 Å². The fourth-order valence-corrected chi connectivity index (χ4v) is 2.68. The summed E-state index contributed by atoms with van der Waals surface area (Å²) in [5.41, 5.74) is 1.73. The second kappa shape index (κ2) is 8.06. The summed E-state index contributed by atoms with van der Waals surface area (Å²) in [6.45, 7) is 10.3.